The number of fused-ring (bicyclic) bond motifs is 1. The first-order valence-electron chi connectivity index (χ1n) is 10.3. The molecule has 2 N–H and O–H groups in total. The van der Waals surface area contributed by atoms with Gasteiger partial charge < -0.3 is 14.5 Å². The molecule has 7 heteroatoms. The van der Waals surface area contributed by atoms with Gasteiger partial charge in [-0.3, -0.25) is 10.1 Å². The summed E-state index contributed by atoms with van der Waals surface area (Å²) in [6, 6.07) is 22.4. The van der Waals surface area contributed by atoms with Crippen LogP contribution in [0.5, 0.6) is 5.75 Å². The van der Waals surface area contributed by atoms with Crippen molar-refractivity contribution in [3.8, 4) is 5.75 Å². The number of rotatable bonds is 6. The number of benzene rings is 3. The zero-order valence-electron chi connectivity index (χ0n) is 17.8. The number of nitrogens with zero attached hydrogens (tertiary/aromatic N) is 1. The van der Waals surface area contributed by atoms with Crippen molar-refractivity contribution in [1.82, 2.24) is 10.3 Å². The van der Waals surface area contributed by atoms with Crippen molar-refractivity contribution in [1.29, 1.82) is 0 Å². The summed E-state index contributed by atoms with van der Waals surface area (Å²) >= 11 is 5.29. The topological polar surface area (TPSA) is 76.4 Å². The standard InChI is InChI=1S/C25H23N3O3S/c1-16(2)30-20-7-5-6-18(15-20)24(29)28-25(32)26-19-12-10-17(11-13-19)14-23-27-21-8-3-4-9-22(21)31-23/h3-13,15-16H,14H2,1-2H3,(H2,26,28,29,32). The molecule has 4 aromatic rings. The highest BCUT2D eigenvalue weighted by molar-refractivity contribution is 7.80. The fourth-order valence-electron chi connectivity index (χ4n) is 3.20. The van der Waals surface area contributed by atoms with Crippen LogP contribution in [0.15, 0.2) is 77.2 Å². The summed E-state index contributed by atoms with van der Waals surface area (Å²) < 4.78 is 11.4. The number of amides is 1. The van der Waals surface area contributed by atoms with Gasteiger partial charge in [-0.25, -0.2) is 4.98 Å². The predicted molar refractivity (Wildman–Crippen MR) is 129 cm³/mol. The van der Waals surface area contributed by atoms with E-state index in [1.54, 1.807) is 18.2 Å². The molecule has 0 unspecified atom stereocenters. The van der Waals surface area contributed by atoms with Crippen molar-refractivity contribution in [3.63, 3.8) is 0 Å². The third kappa shape index (κ3) is 5.50. The molecule has 32 heavy (non-hydrogen) atoms. The van der Waals surface area contributed by atoms with Crippen LogP contribution in [-0.4, -0.2) is 22.1 Å². The number of ether oxygens (including phenoxy) is 1. The minimum Gasteiger partial charge on any atom is -0.491 e. The van der Waals surface area contributed by atoms with Gasteiger partial charge in [0.15, 0.2) is 16.6 Å². The van der Waals surface area contributed by atoms with E-state index in [0.29, 0.717) is 23.6 Å². The van der Waals surface area contributed by atoms with Gasteiger partial charge in [-0.15, -0.1) is 0 Å². The first-order chi connectivity index (χ1) is 15.5. The largest absolute Gasteiger partial charge is 0.491 e. The summed E-state index contributed by atoms with van der Waals surface area (Å²) in [6.07, 6.45) is 0.618. The predicted octanol–water partition coefficient (Wildman–Crippen LogP) is 5.33. The molecule has 0 saturated carbocycles. The number of carbonyl (C=O) groups excluding carboxylic acids is 1. The van der Waals surface area contributed by atoms with Crippen molar-refractivity contribution in [3.05, 3.63) is 89.8 Å². The molecule has 0 saturated heterocycles. The van der Waals surface area contributed by atoms with Crippen molar-refractivity contribution < 1.29 is 13.9 Å². The molecule has 6 nitrogen and oxygen atoms in total. The number of hydrogen-bond donors (Lipinski definition) is 2. The lowest BCUT2D eigenvalue weighted by Gasteiger charge is -2.12. The summed E-state index contributed by atoms with van der Waals surface area (Å²) in [4.78, 5) is 17.0. The Morgan fingerprint density at radius 2 is 1.84 bits per heavy atom. The maximum atomic E-state index is 12.5. The molecule has 0 bridgehead atoms. The summed E-state index contributed by atoms with van der Waals surface area (Å²) in [5, 5.41) is 5.95. The molecule has 1 heterocycles. The number of carbonyl (C=O) groups is 1. The summed E-state index contributed by atoms with van der Waals surface area (Å²) in [7, 11) is 0. The van der Waals surface area contributed by atoms with Crippen molar-refractivity contribution in [2.24, 2.45) is 0 Å². The molecule has 0 aliphatic rings. The lowest BCUT2D eigenvalue weighted by molar-refractivity contribution is 0.0977. The molecule has 0 spiro atoms. The van der Waals surface area contributed by atoms with E-state index in [0.717, 1.165) is 22.4 Å². The third-order valence-corrected chi connectivity index (χ3v) is 4.80. The Balaban J connectivity index is 1.34. The van der Waals surface area contributed by atoms with E-state index in [4.69, 9.17) is 21.4 Å². The van der Waals surface area contributed by atoms with Crippen LogP contribution in [0.1, 0.15) is 35.7 Å². The van der Waals surface area contributed by atoms with Crippen LogP contribution in [0.3, 0.4) is 0 Å². The van der Waals surface area contributed by atoms with Gasteiger partial charge in [0.05, 0.1) is 6.10 Å². The maximum absolute atomic E-state index is 12.5. The molecule has 1 aromatic heterocycles. The minimum absolute atomic E-state index is 0.0293. The summed E-state index contributed by atoms with van der Waals surface area (Å²) in [6.45, 7) is 3.87. The number of aromatic nitrogens is 1. The average molecular weight is 446 g/mol. The maximum Gasteiger partial charge on any atom is 0.257 e. The van der Waals surface area contributed by atoms with Crippen LogP contribution in [-0.2, 0) is 6.42 Å². The second-order valence-corrected chi connectivity index (χ2v) is 7.96. The second-order valence-electron chi connectivity index (χ2n) is 7.55. The quantitative estimate of drug-likeness (QED) is 0.391. The number of anilines is 1. The zero-order chi connectivity index (χ0) is 22.5. The van der Waals surface area contributed by atoms with E-state index >= 15 is 0 Å². The smallest absolute Gasteiger partial charge is 0.257 e. The first kappa shape index (κ1) is 21.5. The number of nitrogens with one attached hydrogen (secondary N) is 2. The van der Waals surface area contributed by atoms with Crippen LogP contribution in [0.4, 0.5) is 5.69 Å². The lowest BCUT2D eigenvalue weighted by atomic mass is 10.1. The summed E-state index contributed by atoms with van der Waals surface area (Å²) in [5.74, 6) is 1.00. The highest BCUT2D eigenvalue weighted by Crippen LogP contribution is 2.19. The van der Waals surface area contributed by atoms with Crippen LogP contribution in [0, 0.1) is 0 Å². The van der Waals surface area contributed by atoms with Gasteiger partial charge in [0.2, 0.25) is 0 Å². The van der Waals surface area contributed by atoms with Crippen LogP contribution in [0.2, 0.25) is 0 Å². The number of para-hydroxylation sites is 2. The monoisotopic (exact) mass is 445 g/mol. The second kappa shape index (κ2) is 9.62. The zero-order valence-corrected chi connectivity index (χ0v) is 18.6. The van der Waals surface area contributed by atoms with E-state index in [2.05, 4.69) is 15.6 Å². The molecule has 0 fully saturated rings. The number of thiocarbonyl (C=S) groups is 1. The molecule has 0 aliphatic heterocycles. The molecule has 0 atom stereocenters. The Hall–Kier alpha value is -3.71. The van der Waals surface area contributed by atoms with E-state index in [-0.39, 0.29) is 17.1 Å². The molecule has 3 aromatic carbocycles. The molecule has 4 rings (SSSR count). The van der Waals surface area contributed by atoms with Crippen molar-refractivity contribution >= 4 is 40.0 Å². The van der Waals surface area contributed by atoms with E-state index < -0.39 is 0 Å². The lowest BCUT2D eigenvalue weighted by Crippen LogP contribution is -2.34. The van der Waals surface area contributed by atoms with Gasteiger partial charge in [-0.05, 0) is 74.1 Å². The normalized spacial score (nSPS) is 10.8. The fraction of sp³-hybridized carbons (Fsp3) is 0.160. The highest BCUT2D eigenvalue weighted by atomic mass is 32.1. The highest BCUT2D eigenvalue weighted by Gasteiger charge is 2.10. The molecule has 0 radical (unpaired) electrons. The van der Waals surface area contributed by atoms with E-state index in [9.17, 15) is 4.79 Å². The van der Waals surface area contributed by atoms with Crippen molar-refractivity contribution in [2.75, 3.05) is 5.32 Å². The molecule has 1 amide bonds. The SMILES string of the molecule is CC(C)Oc1cccc(C(=O)NC(=S)Nc2ccc(Cc3nc4ccccc4o3)cc2)c1. The Kier molecular flexibility index (Phi) is 6.47. The first-order valence-corrected chi connectivity index (χ1v) is 10.7. The van der Waals surface area contributed by atoms with Crippen LogP contribution in [0.25, 0.3) is 11.1 Å². The molecular weight excluding hydrogens is 422 g/mol. The third-order valence-electron chi connectivity index (χ3n) is 4.60. The Bertz CT molecular complexity index is 1220. The fourth-order valence-corrected chi connectivity index (χ4v) is 3.41. The van der Waals surface area contributed by atoms with E-state index in [1.165, 1.54) is 0 Å². The minimum atomic E-state index is -0.302. The van der Waals surface area contributed by atoms with Crippen LogP contribution >= 0.6 is 12.2 Å². The Labute approximate surface area is 191 Å². The van der Waals surface area contributed by atoms with Crippen LogP contribution < -0.4 is 15.4 Å². The van der Waals surface area contributed by atoms with Gasteiger partial charge >= 0.3 is 0 Å². The van der Waals surface area contributed by atoms with Crippen molar-refractivity contribution in [2.45, 2.75) is 26.4 Å². The Morgan fingerprint density at radius 3 is 2.59 bits per heavy atom. The van der Waals surface area contributed by atoms with Gasteiger partial charge in [0.25, 0.3) is 5.91 Å². The number of hydrogen-bond acceptors (Lipinski definition) is 5. The summed E-state index contributed by atoms with van der Waals surface area (Å²) in [5.41, 5.74) is 3.93. The van der Waals surface area contributed by atoms with Gasteiger partial charge in [0.1, 0.15) is 11.3 Å². The Morgan fingerprint density at radius 1 is 1.06 bits per heavy atom. The average Bonchev–Trinajstić information content (AvgIpc) is 3.17. The van der Waals surface area contributed by atoms with E-state index in [1.807, 2.05) is 68.4 Å². The van der Waals surface area contributed by atoms with Gasteiger partial charge in [-0.1, -0.05) is 30.3 Å². The molecule has 0 aliphatic carbocycles. The van der Waals surface area contributed by atoms with Gasteiger partial charge in [-0.2, -0.15) is 0 Å². The number of oxazole rings is 1. The van der Waals surface area contributed by atoms with Gasteiger partial charge in [0, 0.05) is 17.7 Å². The molecular formula is C25H23N3O3S. The molecule has 162 valence electrons.